The largest absolute Gasteiger partial charge is 0.507 e. The SMILES string of the molecule is COc1ncccc1-c1ccc(O)c(-c2nc3ccc(C(=O)NCCc4ccc(S(N)(=O)=O)cc4)cc3[nH]2)c1. The number of imidazole rings is 1. The molecule has 0 fully saturated rings. The molecule has 2 aromatic heterocycles. The molecular weight excluding hydrogens is 518 g/mol. The van der Waals surface area contributed by atoms with Gasteiger partial charge in [0.1, 0.15) is 11.6 Å². The number of hydrogen-bond acceptors (Lipinski definition) is 7. The van der Waals surface area contributed by atoms with Gasteiger partial charge < -0.3 is 20.1 Å². The molecule has 39 heavy (non-hydrogen) atoms. The predicted octanol–water partition coefficient (Wildman–Crippen LogP) is 3.63. The van der Waals surface area contributed by atoms with Crippen LogP contribution in [-0.4, -0.2) is 48.0 Å². The number of aromatic hydroxyl groups is 1. The average Bonchev–Trinajstić information content (AvgIpc) is 3.36. The number of sulfonamides is 1. The maximum Gasteiger partial charge on any atom is 0.251 e. The zero-order chi connectivity index (χ0) is 27.6. The summed E-state index contributed by atoms with van der Waals surface area (Å²) in [5, 5.41) is 18.6. The number of benzene rings is 3. The van der Waals surface area contributed by atoms with Crippen LogP contribution in [-0.2, 0) is 16.4 Å². The molecule has 0 saturated carbocycles. The summed E-state index contributed by atoms with van der Waals surface area (Å²) in [6.07, 6.45) is 2.16. The van der Waals surface area contributed by atoms with Crippen LogP contribution in [0.4, 0.5) is 0 Å². The van der Waals surface area contributed by atoms with Crippen LogP contribution in [0.1, 0.15) is 15.9 Å². The smallest absolute Gasteiger partial charge is 0.251 e. The van der Waals surface area contributed by atoms with E-state index < -0.39 is 10.0 Å². The molecule has 11 heteroatoms. The lowest BCUT2D eigenvalue weighted by atomic mass is 10.0. The van der Waals surface area contributed by atoms with E-state index in [9.17, 15) is 18.3 Å². The third kappa shape index (κ3) is 5.59. The Kier molecular flexibility index (Phi) is 7.01. The van der Waals surface area contributed by atoms with E-state index in [2.05, 4.69) is 20.3 Å². The summed E-state index contributed by atoms with van der Waals surface area (Å²) in [5.41, 5.74) is 4.65. The number of primary sulfonamides is 1. The van der Waals surface area contributed by atoms with Crippen molar-refractivity contribution in [3.63, 3.8) is 0 Å². The second kappa shape index (κ2) is 10.6. The molecule has 1 amide bonds. The Morgan fingerprint density at radius 2 is 1.85 bits per heavy atom. The summed E-state index contributed by atoms with van der Waals surface area (Å²) in [4.78, 5) is 24.8. The Bertz CT molecular complexity index is 1780. The number of rotatable bonds is 8. The molecule has 5 N–H and O–H groups in total. The van der Waals surface area contributed by atoms with Crippen LogP contribution in [0.2, 0.25) is 0 Å². The van der Waals surface area contributed by atoms with Gasteiger partial charge in [-0.1, -0.05) is 18.2 Å². The number of nitrogens with one attached hydrogen (secondary N) is 2. The Morgan fingerprint density at radius 1 is 1.05 bits per heavy atom. The first-order chi connectivity index (χ1) is 18.7. The van der Waals surface area contributed by atoms with Gasteiger partial charge in [0.2, 0.25) is 15.9 Å². The first kappa shape index (κ1) is 25.9. The highest BCUT2D eigenvalue weighted by Crippen LogP contribution is 2.35. The molecule has 2 heterocycles. The summed E-state index contributed by atoms with van der Waals surface area (Å²) in [6.45, 7) is 0.359. The van der Waals surface area contributed by atoms with Gasteiger partial charge in [0.25, 0.3) is 5.91 Å². The molecule has 5 rings (SSSR count). The molecule has 10 nitrogen and oxygen atoms in total. The van der Waals surface area contributed by atoms with Crippen LogP contribution in [0.25, 0.3) is 33.5 Å². The predicted molar refractivity (Wildman–Crippen MR) is 147 cm³/mol. The number of methoxy groups -OCH3 is 1. The van der Waals surface area contributed by atoms with E-state index in [1.165, 1.54) is 12.1 Å². The number of ether oxygens (including phenoxy) is 1. The molecule has 0 aliphatic carbocycles. The van der Waals surface area contributed by atoms with Crippen LogP contribution in [0.3, 0.4) is 0 Å². The van der Waals surface area contributed by atoms with E-state index in [0.717, 1.165) is 16.7 Å². The van der Waals surface area contributed by atoms with Gasteiger partial charge in [0.15, 0.2) is 0 Å². The van der Waals surface area contributed by atoms with Crippen molar-refractivity contribution in [1.82, 2.24) is 20.3 Å². The molecule has 0 aliphatic heterocycles. The minimum Gasteiger partial charge on any atom is -0.507 e. The Morgan fingerprint density at radius 3 is 2.59 bits per heavy atom. The van der Waals surface area contributed by atoms with Crippen LogP contribution in [0.5, 0.6) is 11.6 Å². The number of phenols is 1. The second-order valence-electron chi connectivity index (χ2n) is 8.80. The molecule has 0 atom stereocenters. The number of nitrogens with two attached hydrogens (primary N) is 1. The second-order valence-corrected chi connectivity index (χ2v) is 10.4. The highest BCUT2D eigenvalue weighted by atomic mass is 32.2. The third-order valence-corrected chi connectivity index (χ3v) is 7.15. The number of aromatic nitrogens is 3. The van der Waals surface area contributed by atoms with Crippen LogP contribution in [0, 0.1) is 0 Å². The van der Waals surface area contributed by atoms with Gasteiger partial charge in [0, 0.05) is 23.9 Å². The summed E-state index contributed by atoms with van der Waals surface area (Å²) in [6, 6.07) is 20.2. The highest BCUT2D eigenvalue weighted by Gasteiger charge is 2.15. The minimum absolute atomic E-state index is 0.0411. The lowest BCUT2D eigenvalue weighted by Crippen LogP contribution is -2.25. The van der Waals surface area contributed by atoms with Crippen molar-refractivity contribution in [2.75, 3.05) is 13.7 Å². The van der Waals surface area contributed by atoms with Crippen molar-refractivity contribution in [3.8, 4) is 34.1 Å². The van der Waals surface area contributed by atoms with E-state index >= 15 is 0 Å². The molecule has 0 saturated heterocycles. The third-order valence-electron chi connectivity index (χ3n) is 6.22. The lowest BCUT2D eigenvalue weighted by molar-refractivity contribution is 0.0954. The van der Waals surface area contributed by atoms with E-state index in [1.807, 2.05) is 12.1 Å². The average molecular weight is 544 g/mol. The van der Waals surface area contributed by atoms with Crippen molar-refractivity contribution in [2.45, 2.75) is 11.3 Å². The van der Waals surface area contributed by atoms with Crippen molar-refractivity contribution in [1.29, 1.82) is 0 Å². The Labute approximate surface area is 224 Å². The first-order valence-electron chi connectivity index (χ1n) is 12.0. The molecule has 3 aromatic carbocycles. The highest BCUT2D eigenvalue weighted by molar-refractivity contribution is 7.89. The molecule has 0 spiro atoms. The monoisotopic (exact) mass is 543 g/mol. The number of nitrogens with zero attached hydrogens (tertiary/aromatic N) is 2. The number of carbonyl (C=O) groups is 1. The van der Waals surface area contributed by atoms with Crippen molar-refractivity contribution in [3.05, 3.63) is 90.1 Å². The van der Waals surface area contributed by atoms with Gasteiger partial charge in [-0.05, 0) is 72.1 Å². The zero-order valence-corrected chi connectivity index (χ0v) is 21.7. The van der Waals surface area contributed by atoms with Gasteiger partial charge in [-0.3, -0.25) is 4.79 Å². The van der Waals surface area contributed by atoms with E-state index in [-0.39, 0.29) is 16.6 Å². The number of hydrogen-bond donors (Lipinski definition) is 4. The number of H-pyrrole nitrogens is 1. The molecule has 0 radical (unpaired) electrons. The Balaban J connectivity index is 1.32. The van der Waals surface area contributed by atoms with Crippen molar-refractivity contribution in [2.24, 2.45) is 5.14 Å². The van der Waals surface area contributed by atoms with Gasteiger partial charge >= 0.3 is 0 Å². The standard InChI is InChI=1S/C28H25N5O5S/c1-38-28-21(3-2-13-31-28)18-7-11-25(34)22(15-18)26-32-23-10-6-19(16-24(23)33-26)27(35)30-14-12-17-4-8-20(9-5-17)39(29,36)37/h2-11,13,15-16,34H,12,14H2,1H3,(H,30,35)(H,32,33)(H2,29,36,37). The first-order valence-corrected chi connectivity index (χ1v) is 13.5. The lowest BCUT2D eigenvalue weighted by Gasteiger charge is -2.09. The van der Waals surface area contributed by atoms with Gasteiger partial charge in [-0.2, -0.15) is 0 Å². The van der Waals surface area contributed by atoms with E-state index in [4.69, 9.17) is 9.88 Å². The maximum atomic E-state index is 12.8. The van der Waals surface area contributed by atoms with Crippen molar-refractivity contribution < 1.29 is 23.1 Å². The summed E-state index contributed by atoms with van der Waals surface area (Å²) < 4.78 is 28.1. The van der Waals surface area contributed by atoms with Crippen LogP contribution < -0.4 is 15.2 Å². The normalized spacial score (nSPS) is 11.4. The van der Waals surface area contributed by atoms with Crippen LogP contribution >= 0.6 is 0 Å². The van der Waals surface area contributed by atoms with Gasteiger partial charge in [-0.25, -0.2) is 23.5 Å². The van der Waals surface area contributed by atoms with Crippen molar-refractivity contribution >= 4 is 27.0 Å². The van der Waals surface area contributed by atoms with Gasteiger partial charge in [0.05, 0.1) is 28.6 Å². The summed E-state index contributed by atoms with van der Waals surface area (Å²) in [7, 11) is -2.19. The number of aromatic amines is 1. The molecule has 198 valence electrons. The molecule has 5 aromatic rings. The fourth-order valence-corrected chi connectivity index (χ4v) is 4.73. The molecule has 0 bridgehead atoms. The number of fused-ring (bicyclic) bond motifs is 1. The topological polar surface area (TPSA) is 160 Å². The van der Waals surface area contributed by atoms with Gasteiger partial charge in [-0.15, -0.1) is 0 Å². The fraction of sp³-hybridized carbons (Fsp3) is 0.107. The summed E-state index contributed by atoms with van der Waals surface area (Å²) in [5.74, 6) is 0.709. The quantitative estimate of drug-likeness (QED) is 0.232. The number of pyridine rings is 1. The fourth-order valence-electron chi connectivity index (χ4n) is 4.21. The zero-order valence-electron chi connectivity index (χ0n) is 20.9. The van der Waals surface area contributed by atoms with Crippen LogP contribution in [0.15, 0.2) is 83.9 Å². The molecule has 0 unspecified atom stereocenters. The molecular formula is C28H25N5O5S. The van der Waals surface area contributed by atoms with E-state index in [1.54, 1.807) is 61.8 Å². The maximum absolute atomic E-state index is 12.8. The number of carbonyl (C=O) groups excluding carboxylic acids is 1. The Hall–Kier alpha value is -4.74. The minimum atomic E-state index is -3.74. The van der Waals surface area contributed by atoms with E-state index in [0.29, 0.717) is 46.8 Å². The molecule has 0 aliphatic rings. The summed E-state index contributed by atoms with van der Waals surface area (Å²) >= 11 is 0. The number of amides is 1. The number of phenolic OH excluding ortho intramolecular Hbond substituents is 1.